The second kappa shape index (κ2) is 5.66. The van der Waals surface area contributed by atoms with Crippen molar-refractivity contribution in [3.63, 3.8) is 0 Å². The van der Waals surface area contributed by atoms with Crippen LogP contribution in [0.25, 0.3) is 0 Å². The zero-order valence-corrected chi connectivity index (χ0v) is 11.0. The summed E-state index contributed by atoms with van der Waals surface area (Å²) in [6.07, 6.45) is 0.294. The molecule has 3 nitrogen and oxygen atoms in total. The summed E-state index contributed by atoms with van der Waals surface area (Å²) in [7, 11) is 1.96. The monoisotopic (exact) mass is 284 g/mol. The van der Waals surface area contributed by atoms with Crippen LogP contribution in [0.4, 0.5) is 5.69 Å². The summed E-state index contributed by atoms with van der Waals surface area (Å²) in [5.74, 6) is 0. The van der Waals surface area contributed by atoms with Gasteiger partial charge in [-0.3, -0.25) is 0 Å². The molecule has 1 aromatic carbocycles. The van der Waals surface area contributed by atoms with Crippen LogP contribution in [0.15, 0.2) is 28.7 Å². The fourth-order valence-corrected chi connectivity index (χ4v) is 2.22. The van der Waals surface area contributed by atoms with Crippen molar-refractivity contribution in [1.29, 1.82) is 0 Å². The van der Waals surface area contributed by atoms with E-state index in [1.54, 1.807) is 0 Å². The molecule has 1 N–H and O–H groups in total. The molecule has 4 heteroatoms. The Labute approximate surface area is 105 Å². The van der Waals surface area contributed by atoms with Crippen LogP contribution in [-0.2, 0) is 4.74 Å². The molecule has 1 atom stereocenters. The van der Waals surface area contributed by atoms with E-state index in [1.165, 1.54) is 5.69 Å². The molecule has 0 amide bonds. The van der Waals surface area contributed by atoms with Crippen molar-refractivity contribution in [2.24, 2.45) is 0 Å². The third kappa shape index (κ3) is 2.97. The Hall–Kier alpha value is -0.580. The lowest BCUT2D eigenvalue weighted by atomic mass is 10.2. The second-order valence-corrected chi connectivity index (χ2v) is 4.89. The lowest BCUT2D eigenvalue weighted by molar-refractivity contribution is 0.0422. The number of benzene rings is 1. The van der Waals surface area contributed by atoms with Crippen LogP contribution in [0.2, 0.25) is 0 Å². The number of morpholine rings is 1. The van der Waals surface area contributed by atoms with Gasteiger partial charge in [0.2, 0.25) is 0 Å². The van der Waals surface area contributed by atoms with Gasteiger partial charge in [0.1, 0.15) is 0 Å². The van der Waals surface area contributed by atoms with Crippen LogP contribution < -0.4 is 10.2 Å². The first-order valence-corrected chi connectivity index (χ1v) is 6.35. The molecule has 16 heavy (non-hydrogen) atoms. The standard InChI is InChI=1S/C12H17BrN2O/c1-14-8-12-9-15(6-7-16-12)11-4-2-10(13)3-5-11/h2-5,12,14H,6-9H2,1H3. The third-order valence-electron chi connectivity index (χ3n) is 2.76. The van der Waals surface area contributed by atoms with E-state index in [4.69, 9.17) is 4.74 Å². The first kappa shape index (κ1) is 11.9. The fourth-order valence-electron chi connectivity index (χ4n) is 1.96. The minimum Gasteiger partial charge on any atom is -0.373 e. The summed E-state index contributed by atoms with van der Waals surface area (Å²) < 4.78 is 6.80. The third-order valence-corrected chi connectivity index (χ3v) is 3.29. The lowest BCUT2D eigenvalue weighted by Gasteiger charge is -2.34. The van der Waals surface area contributed by atoms with E-state index in [-0.39, 0.29) is 0 Å². The zero-order valence-electron chi connectivity index (χ0n) is 9.45. The molecule has 1 heterocycles. The number of anilines is 1. The molecular weight excluding hydrogens is 268 g/mol. The van der Waals surface area contributed by atoms with Gasteiger partial charge < -0.3 is 15.0 Å². The highest BCUT2D eigenvalue weighted by atomic mass is 79.9. The Morgan fingerprint density at radius 2 is 2.19 bits per heavy atom. The predicted molar refractivity (Wildman–Crippen MR) is 70.0 cm³/mol. The average Bonchev–Trinajstić information content (AvgIpc) is 2.31. The predicted octanol–water partition coefficient (Wildman–Crippen LogP) is 1.87. The van der Waals surface area contributed by atoms with Crippen molar-refractivity contribution in [3.05, 3.63) is 28.7 Å². The van der Waals surface area contributed by atoms with Gasteiger partial charge in [0, 0.05) is 29.8 Å². The van der Waals surface area contributed by atoms with Gasteiger partial charge in [-0.15, -0.1) is 0 Å². The van der Waals surface area contributed by atoms with E-state index in [1.807, 2.05) is 7.05 Å². The van der Waals surface area contributed by atoms with E-state index in [0.29, 0.717) is 6.10 Å². The molecule has 1 fully saturated rings. The molecule has 1 aromatic rings. The molecule has 1 aliphatic heterocycles. The quantitative estimate of drug-likeness (QED) is 0.917. The van der Waals surface area contributed by atoms with Crippen molar-refractivity contribution in [2.75, 3.05) is 38.2 Å². The van der Waals surface area contributed by atoms with Crippen LogP contribution in [0.5, 0.6) is 0 Å². The van der Waals surface area contributed by atoms with Gasteiger partial charge >= 0.3 is 0 Å². The zero-order chi connectivity index (χ0) is 11.4. The van der Waals surface area contributed by atoms with E-state index in [0.717, 1.165) is 30.7 Å². The molecule has 0 spiro atoms. The highest BCUT2D eigenvalue weighted by molar-refractivity contribution is 9.10. The molecule has 88 valence electrons. The van der Waals surface area contributed by atoms with Gasteiger partial charge in [0.15, 0.2) is 0 Å². The number of nitrogens with one attached hydrogen (secondary N) is 1. The van der Waals surface area contributed by atoms with Crippen LogP contribution in [0.3, 0.4) is 0 Å². The van der Waals surface area contributed by atoms with Crippen LogP contribution in [0, 0.1) is 0 Å². The van der Waals surface area contributed by atoms with E-state index >= 15 is 0 Å². The fraction of sp³-hybridized carbons (Fsp3) is 0.500. The van der Waals surface area contributed by atoms with Crippen LogP contribution in [0.1, 0.15) is 0 Å². The Kier molecular flexibility index (Phi) is 4.21. The second-order valence-electron chi connectivity index (χ2n) is 3.97. The Bertz CT molecular complexity index is 326. The van der Waals surface area contributed by atoms with E-state index in [2.05, 4.69) is 50.4 Å². The maximum Gasteiger partial charge on any atom is 0.0874 e. The first-order valence-electron chi connectivity index (χ1n) is 5.56. The molecule has 0 radical (unpaired) electrons. The summed E-state index contributed by atoms with van der Waals surface area (Å²) in [4.78, 5) is 2.37. The van der Waals surface area contributed by atoms with Gasteiger partial charge in [0.25, 0.3) is 0 Å². The molecule has 1 saturated heterocycles. The lowest BCUT2D eigenvalue weighted by Crippen LogP contribution is -2.46. The Morgan fingerprint density at radius 1 is 1.44 bits per heavy atom. The molecule has 0 aliphatic carbocycles. The van der Waals surface area contributed by atoms with Crippen molar-refractivity contribution in [1.82, 2.24) is 5.32 Å². The van der Waals surface area contributed by atoms with Crippen LogP contribution >= 0.6 is 15.9 Å². The molecule has 1 aliphatic rings. The Morgan fingerprint density at radius 3 is 2.88 bits per heavy atom. The summed E-state index contributed by atoms with van der Waals surface area (Å²) in [6.45, 7) is 3.65. The highest BCUT2D eigenvalue weighted by Crippen LogP contribution is 2.20. The van der Waals surface area contributed by atoms with Crippen molar-refractivity contribution < 1.29 is 4.74 Å². The minimum absolute atomic E-state index is 0.294. The summed E-state index contributed by atoms with van der Waals surface area (Å²) in [6, 6.07) is 8.45. The Balaban J connectivity index is 2.01. The number of ether oxygens (including phenoxy) is 1. The molecule has 2 rings (SSSR count). The topological polar surface area (TPSA) is 24.5 Å². The maximum atomic E-state index is 5.68. The maximum absolute atomic E-state index is 5.68. The first-order chi connectivity index (χ1) is 7.79. The summed E-state index contributed by atoms with van der Waals surface area (Å²) in [5.41, 5.74) is 1.27. The van der Waals surface area contributed by atoms with Gasteiger partial charge in [0.05, 0.1) is 12.7 Å². The van der Waals surface area contributed by atoms with Crippen LogP contribution in [-0.4, -0.2) is 39.4 Å². The van der Waals surface area contributed by atoms with Gasteiger partial charge in [-0.2, -0.15) is 0 Å². The number of likely N-dealkylation sites (N-methyl/N-ethyl adjacent to an activating group) is 1. The number of nitrogens with zero attached hydrogens (tertiary/aromatic N) is 1. The molecule has 0 aromatic heterocycles. The average molecular weight is 285 g/mol. The SMILES string of the molecule is CNCC1CN(c2ccc(Br)cc2)CCO1. The largest absolute Gasteiger partial charge is 0.373 e. The smallest absolute Gasteiger partial charge is 0.0874 e. The highest BCUT2D eigenvalue weighted by Gasteiger charge is 2.19. The van der Waals surface area contributed by atoms with Gasteiger partial charge in [-0.05, 0) is 31.3 Å². The normalized spacial score (nSPS) is 21.1. The summed E-state index contributed by atoms with van der Waals surface area (Å²) in [5, 5.41) is 3.16. The molecular formula is C12H17BrN2O. The number of halogens is 1. The van der Waals surface area contributed by atoms with Crippen molar-refractivity contribution in [3.8, 4) is 0 Å². The van der Waals surface area contributed by atoms with Crippen molar-refractivity contribution >= 4 is 21.6 Å². The van der Waals surface area contributed by atoms with E-state index < -0.39 is 0 Å². The van der Waals surface area contributed by atoms with Crippen molar-refractivity contribution in [2.45, 2.75) is 6.10 Å². The molecule has 0 bridgehead atoms. The summed E-state index contributed by atoms with van der Waals surface area (Å²) >= 11 is 3.45. The number of hydrogen-bond acceptors (Lipinski definition) is 3. The number of hydrogen-bond donors (Lipinski definition) is 1. The van der Waals surface area contributed by atoms with Gasteiger partial charge in [-0.25, -0.2) is 0 Å². The van der Waals surface area contributed by atoms with Gasteiger partial charge in [-0.1, -0.05) is 15.9 Å². The number of rotatable bonds is 3. The van der Waals surface area contributed by atoms with E-state index in [9.17, 15) is 0 Å². The minimum atomic E-state index is 0.294. The molecule has 0 saturated carbocycles. The molecule has 1 unspecified atom stereocenters.